The number of hydrogen-bond acceptors (Lipinski definition) is 4. The van der Waals surface area contributed by atoms with Gasteiger partial charge in [-0.25, -0.2) is 0 Å². The Bertz CT molecular complexity index is 57.8. The number of rotatable bonds is 0. The summed E-state index contributed by atoms with van der Waals surface area (Å²) < 4.78 is 8.55. The minimum atomic E-state index is -5.39. The monoisotopic (exact) mass is 327 g/mol. The molecule has 0 spiro atoms. The van der Waals surface area contributed by atoms with Crippen LogP contribution in [0.4, 0.5) is 0 Å². The Kier molecular flexibility index (Phi) is 14.0. The zero-order valence-electron chi connectivity index (χ0n) is 3.53. The maximum absolute atomic E-state index is 8.55. The zero-order valence-corrected chi connectivity index (χ0v) is 9.90. The number of phosphoric acid groups is 1. The van der Waals surface area contributed by atoms with Crippen molar-refractivity contribution in [3.63, 3.8) is 0 Å². The van der Waals surface area contributed by atoms with Crippen LogP contribution in [-0.2, 0) is 4.57 Å². The van der Waals surface area contributed by atoms with Gasteiger partial charge in [-0.15, -0.1) is 0 Å². The van der Waals surface area contributed by atoms with E-state index in [0.717, 1.165) is 0 Å². The molecule has 0 N–H and O–H groups in total. The summed E-state index contributed by atoms with van der Waals surface area (Å²) in [6.45, 7) is 0. The molecule has 0 fully saturated rings. The topological polar surface area (TPSA) is 86.2 Å². The van der Waals surface area contributed by atoms with E-state index in [-0.39, 0.29) is 55.8 Å². The van der Waals surface area contributed by atoms with E-state index in [1.807, 2.05) is 0 Å². The SMILES string of the molecule is O=P([O-])([O-])[O-].[Bi+3].[Na+]. The summed E-state index contributed by atoms with van der Waals surface area (Å²) in [7, 11) is -5.39. The average Bonchev–Trinajstić information content (AvgIpc) is 0.722. The zero-order chi connectivity index (χ0) is 4.50. The van der Waals surface area contributed by atoms with Gasteiger partial charge in [0.15, 0.2) is 0 Å². The first-order valence-electron chi connectivity index (χ1n) is 0.730. The van der Waals surface area contributed by atoms with Crippen LogP contribution in [-0.4, -0.2) is 26.2 Å². The van der Waals surface area contributed by atoms with E-state index in [9.17, 15) is 0 Å². The summed E-state index contributed by atoms with van der Waals surface area (Å²) in [5.41, 5.74) is 0. The van der Waals surface area contributed by atoms with Crippen LogP contribution in [0.25, 0.3) is 0 Å². The number of hydrogen-bond donors (Lipinski definition) is 0. The van der Waals surface area contributed by atoms with Crippen molar-refractivity contribution in [2.24, 2.45) is 0 Å². The fourth-order valence-corrected chi connectivity index (χ4v) is 0. The Balaban J connectivity index is -0.0000000800. The van der Waals surface area contributed by atoms with Crippen LogP contribution in [0.15, 0.2) is 0 Å². The largest absolute Gasteiger partial charge is 3.00 e. The Morgan fingerprint density at radius 2 is 1.14 bits per heavy atom. The molecule has 0 heterocycles. The molecule has 4 nitrogen and oxygen atoms in total. The smallest absolute Gasteiger partial charge is 0.822 e. The van der Waals surface area contributed by atoms with Crippen LogP contribution in [0.2, 0.25) is 0 Å². The summed E-state index contributed by atoms with van der Waals surface area (Å²) in [6.07, 6.45) is 0. The molecule has 7 heteroatoms. The van der Waals surface area contributed by atoms with Crippen LogP contribution in [0.3, 0.4) is 0 Å². The van der Waals surface area contributed by atoms with E-state index in [1.54, 1.807) is 0 Å². The molecule has 0 amide bonds. The van der Waals surface area contributed by atoms with Gasteiger partial charge in [0, 0.05) is 0 Å². The molecule has 34 valence electrons. The van der Waals surface area contributed by atoms with Crippen LogP contribution < -0.4 is 44.2 Å². The molecular formula is BiNaO4P+. The molecule has 0 atom stereocenters. The molecular weight excluding hydrogens is 327 g/mol. The van der Waals surface area contributed by atoms with Crippen molar-refractivity contribution in [1.82, 2.24) is 0 Å². The molecule has 0 aliphatic heterocycles. The van der Waals surface area contributed by atoms with Gasteiger partial charge >= 0.3 is 55.8 Å². The van der Waals surface area contributed by atoms with Crippen molar-refractivity contribution in [2.45, 2.75) is 0 Å². The fourth-order valence-electron chi connectivity index (χ4n) is 0. The van der Waals surface area contributed by atoms with Gasteiger partial charge in [-0.1, -0.05) is 0 Å². The van der Waals surface area contributed by atoms with Gasteiger partial charge in [0.1, 0.15) is 0 Å². The minimum Gasteiger partial charge on any atom is -0.822 e. The van der Waals surface area contributed by atoms with E-state index >= 15 is 0 Å². The minimum absolute atomic E-state index is 0. The third-order valence-electron chi connectivity index (χ3n) is 0. The van der Waals surface area contributed by atoms with Crippen molar-refractivity contribution in [2.75, 3.05) is 0 Å². The van der Waals surface area contributed by atoms with Crippen molar-refractivity contribution in [1.29, 1.82) is 0 Å². The van der Waals surface area contributed by atoms with Crippen LogP contribution in [0.1, 0.15) is 0 Å². The van der Waals surface area contributed by atoms with Crippen molar-refractivity contribution in [3.05, 3.63) is 0 Å². The molecule has 2 radical (unpaired) electrons. The fraction of sp³-hybridized carbons (Fsp3) is 0. The van der Waals surface area contributed by atoms with Gasteiger partial charge in [0.2, 0.25) is 0 Å². The Morgan fingerprint density at radius 1 is 1.14 bits per heavy atom. The first kappa shape index (κ1) is 16.0. The molecule has 0 bridgehead atoms. The molecule has 0 unspecified atom stereocenters. The second kappa shape index (κ2) is 6.12. The Hall–Kier alpha value is 1.99. The Labute approximate surface area is 82.0 Å². The van der Waals surface area contributed by atoms with Gasteiger partial charge < -0.3 is 19.2 Å². The summed E-state index contributed by atoms with van der Waals surface area (Å²) >= 11 is 0. The maximum atomic E-state index is 8.55. The van der Waals surface area contributed by atoms with Gasteiger partial charge in [-0.3, -0.25) is 0 Å². The molecule has 0 saturated carbocycles. The molecule has 0 aromatic carbocycles. The van der Waals surface area contributed by atoms with E-state index in [1.165, 1.54) is 0 Å². The normalized spacial score (nSPS) is 8.43. The van der Waals surface area contributed by atoms with Gasteiger partial charge in [-0.2, -0.15) is 7.82 Å². The first-order valence-corrected chi connectivity index (χ1v) is 2.19. The van der Waals surface area contributed by atoms with Crippen LogP contribution in [0, 0.1) is 0 Å². The van der Waals surface area contributed by atoms with Gasteiger partial charge in [0.25, 0.3) is 0 Å². The molecule has 0 aromatic rings. The maximum Gasteiger partial charge on any atom is 3.00 e. The molecule has 0 saturated heterocycles. The summed E-state index contributed by atoms with van der Waals surface area (Å²) in [5, 5.41) is 0. The second-order valence-electron chi connectivity index (χ2n) is 0.447. The van der Waals surface area contributed by atoms with Crippen LogP contribution >= 0.6 is 7.82 Å². The van der Waals surface area contributed by atoms with Crippen molar-refractivity contribution in [3.8, 4) is 0 Å². The van der Waals surface area contributed by atoms with Gasteiger partial charge in [0.05, 0.1) is 0 Å². The van der Waals surface area contributed by atoms with E-state index < -0.39 is 7.82 Å². The third kappa shape index (κ3) is 72.3. The van der Waals surface area contributed by atoms with Crippen LogP contribution in [0.5, 0.6) is 0 Å². The van der Waals surface area contributed by atoms with Gasteiger partial charge in [-0.05, 0) is 0 Å². The van der Waals surface area contributed by atoms with Crippen molar-refractivity contribution >= 4 is 34.0 Å². The second-order valence-corrected chi connectivity index (χ2v) is 1.34. The van der Waals surface area contributed by atoms with Crippen molar-refractivity contribution < 1.29 is 48.8 Å². The predicted octanol–water partition coefficient (Wildman–Crippen LogP) is -6.20. The quantitative estimate of drug-likeness (QED) is 0.327. The molecule has 0 aliphatic rings. The first-order chi connectivity index (χ1) is 2.00. The summed E-state index contributed by atoms with van der Waals surface area (Å²) in [5.74, 6) is 0. The summed E-state index contributed by atoms with van der Waals surface area (Å²) in [4.78, 5) is 25.6. The molecule has 0 aliphatic carbocycles. The third-order valence-corrected chi connectivity index (χ3v) is 0. The van der Waals surface area contributed by atoms with E-state index in [4.69, 9.17) is 19.2 Å². The summed E-state index contributed by atoms with van der Waals surface area (Å²) in [6, 6.07) is 0. The van der Waals surface area contributed by atoms with E-state index in [2.05, 4.69) is 0 Å². The average molecular weight is 327 g/mol. The molecule has 7 heavy (non-hydrogen) atoms. The van der Waals surface area contributed by atoms with E-state index in [0.29, 0.717) is 0 Å². The molecule has 0 rings (SSSR count). The standard InChI is InChI=1S/Bi.Na.H3O4P/c;;1-5(2,3)4/h;;(H3,1,2,3,4)/q+3;+1;/p-3. The Morgan fingerprint density at radius 3 is 1.14 bits per heavy atom. The molecule has 0 aromatic heterocycles. The predicted molar refractivity (Wildman–Crippen MR) is 13.4 cm³/mol.